The Labute approximate surface area is 108 Å². The Morgan fingerprint density at radius 2 is 2.24 bits per heavy atom. The van der Waals surface area contributed by atoms with Crippen molar-refractivity contribution in [2.45, 2.75) is 25.3 Å². The quantitative estimate of drug-likeness (QED) is 0.829. The molecule has 7 heteroatoms. The summed E-state index contributed by atoms with van der Waals surface area (Å²) >= 11 is 11.6. The van der Waals surface area contributed by atoms with E-state index in [0.717, 1.165) is 12.8 Å². The van der Waals surface area contributed by atoms with Gasteiger partial charge in [-0.05, 0) is 24.4 Å². The summed E-state index contributed by atoms with van der Waals surface area (Å²) in [6.45, 7) is 0. The number of rotatable bonds is 3. The van der Waals surface area contributed by atoms with Crippen molar-refractivity contribution in [2.75, 3.05) is 5.32 Å². The number of aliphatic carboxylic acids is 1. The molecule has 1 aliphatic carbocycles. The number of carboxylic acids is 1. The van der Waals surface area contributed by atoms with Crippen molar-refractivity contribution in [3.05, 3.63) is 16.5 Å². The molecule has 1 aromatic rings. The molecule has 2 rings (SSSR count). The second-order valence-electron chi connectivity index (χ2n) is 3.96. The predicted octanol–water partition coefficient (Wildman–Crippen LogP) is 2.45. The van der Waals surface area contributed by atoms with E-state index in [0.29, 0.717) is 17.3 Å². The van der Waals surface area contributed by atoms with Crippen molar-refractivity contribution in [3.8, 4) is 0 Å². The highest BCUT2D eigenvalue weighted by molar-refractivity contribution is 6.33. The highest BCUT2D eigenvalue weighted by Gasteiger charge is 2.33. The molecule has 2 atom stereocenters. The van der Waals surface area contributed by atoms with E-state index in [1.165, 1.54) is 6.20 Å². The van der Waals surface area contributed by atoms with Gasteiger partial charge in [0.05, 0.1) is 12.1 Å². The normalized spacial score (nSPS) is 23.6. The highest BCUT2D eigenvalue weighted by atomic mass is 35.5. The molecule has 1 heterocycles. The van der Waals surface area contributed by atoms with E-state index < -0.39 is 11.9 Å². The fourth-order valence-electron chi connectivity index (χ4n) is 2.05. The molecule has 0 bridgehead atoms. The summed E-state index contributed by atoms with van der Waals surface area (Å²) in [6, 6.07) is -0.157. The first-order valence-corrected chi connectivity index (χ1v) is 6.01. The average Bonchev–Trinajstić information content (AvgIpc) is 2.71. The van der Waals surface area contributed by atoms with E-state index in [1.807, 2.05) is 0 Å². The first-order valence-electron chi connectivity index (χ1n) is 5.25. The molecule has 1 aromatic heterocycles. The van der Waals surface area contributed by atoms with E-state index in [4.69, 9.17) is 28.3 Å². The highest BCUT2D eigenvalue weighted by Crippen LogP contribution is 2.30. The van der Waals surface area contributed by atoms with E-state index >= 15 is 0 Å². The second kappa shape index (κ2) is 5.06. The molecule has 1 saturated carbocycles. The lowest BCUT2D eigenvalue weighted by atomic mass is 10.0. The summed E-state index contributed by atoms with van der Waals surface area (Å²) in [4.78, 5) is 18.7. The van der Waals surface area contributed by atoms with Gasteiger partial charge in [0.25, 0.3) is 0 Å². The maximum Gasteiger partial charge on any atom is 0.308 e. The first-order chi connectivity index (χ1) is 8.08. The van der Waals surface area contributed by atoms with Crippen LogP contribution < -0.4 is 5.32 Å². The van der Waals surface area contributed by atoms with E-state index in [9.17, 15) is 4.79 Å². The number of nitrogens with one attached hydrogen (secondary N) is 1. The van der Waals surface area contributed by atoms with Gasteiger partial charge in [0.2, 0.25) is 5.28 Å². The number of hydrogen-bond acceptors (Lipinski definition) is 4. The number of anilines is 1. The van der Waals surface area contributed by atoms with Crippen LogP contribution in [-0.4, -0.2) is 27.1 Å². The molecule has 17 heavy (non-hydrogen) atoms. The number of hydrogen-bond donors (Lipinski definition) is 2. The van der Waals surface area contributed by atoms with Gasteiger partial charge in [0, 0.05) is 6.04 Å². The van der Waals surface area contributed by atoms with Crippen molar-refractivity contribution in [1.29, 1.82) is 0 Å². The van der Waals surface area contributed by atoms with Crippen molar-refractivity contribution in [3.63, 3.8) is 0 Å². The molecule has 0 aromatic carbocycles. The third-order valence-corrected chi connectivity index (χ3v) is 3.33. The fraction of sp³-hybridized carbons (Fsp3) is 0.500. The lowest BCUT2D eigenvalue weighted by molar-refractivity contribution is -0.141. The minimum absolute atomic E-state index is 0.0850. The summed E-state index contributed by atoms with van der Waals surface area (Å²) in [5.41, 5.74) is 0. The fourth-order valence-corrected chi connectivity index (χ4v) is 2.33. The topological polar surface area (TPSA) is 75.1 Å². The Kier molecular flexibility index (Phi) is 3.69. The zero-order chi connectivity index (χ0) is 12.4. The third kappa shape index (κ3) is 2.79. The molecule has 0 aliphatic heterocycles. The van der Waals surface area contributed by atoms with E-state index in [1.54, 1.807) is 0 Å². The molecule has 2 N–H and O–H groups in total. The molecule has 92 valence electrons. The molecule has 1 aliphatic rings. The Bertz CT molecular complexity index is 442. The van der Waals surface area contributed by atoms with E-state index in [2.05, 4.69) is 15.3 Å². The van der Waals surface area contributed by atoms with E-state index in [-0.39, 0.29) is 11.3 Å². The van der Waals surface area contributed by atoms with Gasteiger partial charge < -0.3 is 10.4 Å². The van der Waals surface area contributed by atoms with Gasteiger partial charge in [-0.25, -0.2) is 4.98 Å². The zero-order valence-corrected chi connectivity index (χ0v) is 10.4. The summed E-state index contributed by atoms with van der Waals surface area (Å²) in [5, 5.41) is 12.5. The second-order valence-corrected chi connectivity index (χ2v) is 4.71. The summed E-state index contributed by atoms with van der Waals surface area (Å²) < 4.78 is 0. The summed E-state index contributed by atoms with van der Waals surface area (Å²) in [5.74, 6) is -0.805. The van der Waals surface area contributed by atoms with Gasteiger partial charge in [0.15, 0.2) is 0 Å². The Hall–Kier alpha value is -1.07. The Morgan fingerprint density at radius 1 is 1.47 bits per heavy atom. The maximum atomic E-state index is 11.0. The van der Waals surface area contributed by atoms with Gasteiger partial charge in [-0.15, -0.1) is 0 Å². The van der Waals surface area contributed by atoms with Crippen LogP contribution in [0.2, 0.25) is 10.3 Å². The van der Waals surface area contributed by atoms with Crippen LogP contribution in [0.15, 0.2) is 6.20 Å². The molecule has 0 unspecified atom stereocenters. The molecule has 0 radical (unpaired) electrons. The van der Waals surface area contributed by atoms with Crippen molar-refractivity contribution in [2.24, 2.45) is 5.92 Å². The van der Waals surface area contributed by atoms with Crippen LogP contribution in [0.25, 0.3) is 0 Å². The molecular weight excluding hydrogens is 265 g/mol. The molecule has 0 amide bonds. The molecule has 0 spiro atoms. The lowest BCUT2D eigenvalue weighted by Crippen LogP contribution is -2.30. The van der Waals surface area contributed by atoms with Crippen LogP contribution in [-0.2, 0) is 4.79 Å². The number of carbonyl (C=O) groups is 1. The van der Waals surface area contributed by atoms with Gasteiger partial charge in [-0.2, -0.15) is 4.98 Å². The first kappa shape index (κ1) is 12.4. The average molecular weight is 276 g/mol. The zero-order valence-electron chi connectivity index (χ0n) is 8.86. The SMILES string of the molecule is O=C(O)[C@H]1CCC[C@H]1Nc1nc(Cl)ncc1Cl. The van der Waals surface area contributed by atoms with Crippen LogP contribution in [0.3, 0.4) is 0 Å². The lowest BCUT2D eigenvalue weighted by Gasteiger charge is -2.18. The van der Waals surface area contributed by atoms with Crippen LogP contribution in [0.5, 0.6) is 0 Å². The predicted molar refractivity (Wildman–Crippen MR) is 64.4 cm³/mol. The minimum atomic E-state index is -0.795. The number of carboxylic acid groups (broad SMARTS) is 1. The maximum absolute atomic E-state index is 11.0. The molecule has 5 nitrogen and oxygen atoms in total. The van der Waals surface area contributed by atoms with Gasteiger partial charge in [-0.1, -0.05) is 18.0 Å². The van der Waals surface area contributed by atoms with Crippen molar-refractivity contribution < 1.29 is 9.90 Å². The number of halogens is 2. The molecule has 1 fully saturated rings. The molecular formula is C10H11Cl2N3O2. The standard InChI is InChI=1S/C10H11Cl2N3O2/c11-6-4-13-10(12)15-8(6)14-7-3-1-2-5(7)9(16)17/h4-5,7H,1-3H2,(H,16,17)(H,13,14,15)/t5-,7+/m0/s1. The van der Waals surface area contributed by atoms with Gasteiger partial charge in [0.1, 0.15) is 10.8 Å². The number of aromatic nitrogens is 2. The van der Waals surface area contributed by atoms with Crippen LogP contribution in [0.1, 0.15) is 19.3 Å². The largest absolute Gasteiger partial charge is 0.481 e. The monoisotopic (exact) mass is 275 g/mol. The van der Waals surface area contributed by atoms with Crippen molar-refractivity contribution in [1.82, 2.24) is 9.97 Å². The van der Waals surface area contributed by atoms with Crippen molar-refractivity contribution >= 4 is 35.0 Å². The Balaban J connectivity index is 2.15. The summed E-state index contributed by atoms with van der Waals surface area (Å²) in [7, 11) is 0. The third-order valence-electron chi connectivity index (χ3n) is 2.87. The molecule has 0 saturated heterocycles. The van der Waals surface area contributed by atoms with Crippen LogP contribution in [0.4, 0.5) is 5.82 Å². The van der Waals surface area contributed by atoms with Gasteiger partial charge >= 0.3 is 5.97 Å². The Morgan fingerprint density at radius 3 is 2.94 bits per heavy atom. The number of nitrogens with zero attached hydrogens (tertiary/aromatic N) is 2. The minimum Gasteiger partial charge on any atom is -0.481 e. The summed E-state index contributed by atoms with van der Waals surface area (Å²) in [6.07, 6.45) is 3.73. The van der Waals surface area contributed by atoms with Crippen LogP contribution >= 0.6 is 23.2 Å². The smallest absolute Gasteiger partial charge is 0.308 e. The van der Waals surface area contributed by atoms with Gasteiger partial charge in [-0.3, -0.25) is 4.79 Å². The van der Waals surface area contributed by atoms with Crippen LogP contribution in [0, 0.1) is 5.92 Å².